The molecule has 0 radical (unpaired) electrons. The fourth-order valence-electron chi connectivity index (χ4n) is 2.18. The Labute approximate surface area is 127 Å². The van der Waals surface area contributed by atoms with Crippen LogP contribution in [0.25, 0.3) is 22.7 Å². The van der Waals surface area contributed by atoms with Gasteiger partial charge in [0.05, 0.1) is 5.52 Å². The number of fused-ring (bicyclic) bond motifs is 1. The molecule has 1 aromatic heterocycles. The summed E-state index contributed by atoms with van der Waals surface area (Å²) in [6.07, 6.45) is 6.16. The minimum atomic E-state index is 0.953. The summed E-state index contributed by atoms with van der Waals surface area (Å²) >= 11 is 3.44. The highest BCUT2D eigenvalue weighted by Gasteiger charge is 2.00. The number of para-hydroxylation sites is 1. The van der Waals surface area contributed by atoms with Crippen molar-refractivity contribution < 1.29 is 0 Å². The fourth-order valence-corrected chi connectivity index (χ4v) is 2.44. The molecule has 98 valence electrons. The summed E-state index contributed by atoms with van der Waals surface area (Å²) in [7, 11) is 0. The normalized spacial score (nSPS) is 11.2. The van der Waals surface area contributed by atoms with Crippen molar-refractivity contribution >= 4 is 38.6 Å². The maximum absolute atomic E-state index is 4.15. The van der Waals surface area contributed by atoms with Gasteiger partial charge in [0.25, 0.3) is 0 Å². The molecule has 0 saturated heterocycles. The summed E-state index contributed by atoms with van der Waals surface area (Å²) in [5, 5.41) is 1.23. The number of aromatic nitrogens is 1. The number of hydrogen-bond donors (Lipinski definition) is 0. The second kappa shape index (κ2) is 5.51. The standard InChI is InChI=1S/C18H14BrN/c1-14(6-7-15-8-10-17(19)11-9-15)20-13-12-16-4-2-3-5-18(16)20/h2-13H,1H2. The van der Waals surface area contributed by atoms with Gasteiger partial charge in [0.2, 0.25) is 0 Å². The number of rotatable bonds is 3. The van der Waals surface area contributed by atoms with Crippen molar-refractivity contribution in [3.63, 3.8) is 0 Å². The van der Waals surface area contributed by atoms with Crippen LogP contribution in [0.3, 0.4) is 0 Å². The van der Waals surface area contributed by atoms with Crippen LogP contribution in [0.4, 0.5) is 0 Å². The average molecular weight is 324 g/mol. The van der Waals surface area contributed by atoms with Crippen LogP contribution in [0, 0.1) is 0 Å². The second-order valence-electron chi connectivity index (χ2n) is 4.62. The molecule has 0 spiro atoms. The predicted molar refractivity (Wildman–Crippen MR) is 90.4 cm³/mol. The van der Waals surface area contributed by atoms with Gasteiger partial charge in [-0.3, -0.25) is 0 Å². The first-order valence-electron chi connectivity index (χ1n) is 6.43. The summed E-state index contributed by atoms with van der Waals surface area (Å²) in [4.78, 5) is 0. The Morgan fingerprint density at radius 3 is 2.55 bits per heavy atom. The highest BCUT2D eigenvalue weighted by molar-refractivity contribution is 9.10. The van der Waals surface area contributed by atoms with Crippen molar-refractivity contribution in [3.8, 4) is 0 Å². The quantitative estimate of drug-likeness (QED) is 0.554. The van der Waals surface area contributed by atoms with Crippen LogP contribution >= 0.6 is 15.9 Å². The van der Waals surface area contributed by atoms with Gasteiger partial charge >= 0.3 is 0 Å². The van der Waals surface area contributed by atoms with Gasteiger partial charge in [-0.25, -0.2) is 0 Å². The third-order valence-electron chi connectivity index (χ3n) is 3.25. The molecule has 0 unspecified atom stereocenters. The van der Waals surface area contributed by atoms with E-state index in [0.29, 0.717) is 0 Å². The molecule has 0 aliphatic rings. The van der Waals surface area contributed by atoms with Gasteiger partial charge in [0.15, 0.2) is 0 Å². The summed E-state index contributed by atoms with van der Waals surface area (Å²) in [5.41, 5.74) is 3.29. The first-order valence-corrected chi connectivity index (χ1v) is 7.22. The van der Waals surface area contributed by atoms with Crippen LogP contribution in [0.5, 0.6) is 0 Å². The molecule has 20 heavy (non-hydrogen) atoms. The Kier molecular flexibility index (Phi) is 3.57. The smallest absolute Gasteiger partial charge is 0.0528 e. The van der Waals surface area contributed by atoms with Crippen molar-refractivity contribution in [1.29, 1.82) is 0 Å². The van der Waals surface area contributed by atoms with Gasteiger partial charge in [0, 0.05) is 16.4 Å². The first kappa shape index (κ1) is 12.9. The predicted octanol–water partition coefficient (Wildman–Crippen LogP) is 5.59. The molecule has 0 aliphatic heterocycles. The molecular weight excluding hydrogens is 310 g/mol. The average Bonchev–Trinajstić information content (AvgIpc) is 2.90. The molecular formula is C18H14BrN. The van der Waals surface area contributed by atoms with E-state index in [1.165, 1.54) is 10.9 Å². The lowest BCUT2D eigenvalue weighted by atomic mass is 10.2. The van der Waals surface area contributed by atoms with E-state index >= 15 is 0 Å². The highest BCUT2D eigenvalue weighted by Crippen LogP contribution is 2.20. The molecule has 0 amide bonds. The third kappa shape index (κ3) is 2.61. The second-order valence-corrected chi connectivity index (χ2v) is 5.54. The summed E-state index contributed by atoms with van der Waals surface area (Å²) in [5.74, 6) is 0. The Morgan fingerprint density at radius 2 is 1.75 bits per heavy atom. The van der Waals surface area contributed by atoms with E-state index in [1.807, 2.05) is 30.3 Å². The lowest BCUT2D eigenvalue weighted by Crippen LogP contribution is -1.90. The van der Waals surface area contributed by atoms with Gasteiger partial charge in [-0.1, -0.05) is 58.9 Å². The van der Waals surface area contributed by atoms with Crippen LogP contribution in [-0.4, -0.2) is 4.57 Å². The number of benzene rings is 2. The molecule has 3 rings (SSSR count). The molecule has 0 aliphatic carbocycles. The maximum atomic E-state index is 4.15. The maximum Gasteiger partial charge on any atom is 0.0528 e. The zero-order valence-corrected chi connectivity index (χ0v) is 12.5. The van der Waals surface area contributed by atoms with Crippen molar-refractivity contribution in [2.75, 3.05) is 0 Å². The Bertz CT molecular complexity index is 779. The largest absolute Gasteiger partial charge is 0.317 e. The first-order chi connectivity index (χ1) is 9.74. The summed E-state index contributed by atoms with van der Waals surface area (Å²) in [6.45, 7) is 4.15. The Morgan fingerprint density at radius 1 is 1.00 bits per heavy atom. The van der Waals surface area contributed by atoms with E-state index in [9.17, 15) is 0 Å². The lowest BCUT2D eigenvalue weighted by molar-refractivity contribution is 1.19. The molecule has 0 fully saturated rings. The van der Waals surface area contributed by atoms with Gasteiger partial charge in [-0.15, -0.1) is 0 Å². The number of halogens is 1. The van der Waals surface area contributed by atoms with Crippen LogP contribution in [0.2, 0.25) is 0 Å². The number of allylic oxidation sites excluding steroid dienone is 2. The topological polar surface area (TPSA) is 4.93 Å². The van der Waals surface area contributed by atoms with E-state index in [0.717, 1.165) is 15.7 Å². The SMILES string of the molecule is C=C(C=Cc1ccc(Br)cc1)n1ccc2ccccc21. The Hall–Kier alpha value is -2.06. The minimum Gasteiger partial charge on any atom is -0.317 e. The summed E-state index contributed by atoms with van der Waals surface area (Å²) < 4.78 is 3.19. The van der Waals surface area contributed by atoms with Crippen LogP contribution in [-0.2, 0) is 0 Å². The molecule has 1 nitrogen and oxygen atoms in total. The van der Waals surface area contributed by atoms with E-state index in [-0.39, 0.29) is 0 Å². The fraction of sp³-hybridized carbons (Fsp3) is 0. The lowest BCUT2D eigenvalue weighted by Gasteiger charge is -2.04. The molecule has 0 atom stereocenters. The monoisotopic (exact) mass is 323 g/mol. The van der Waals surface area contributed by atoms with Gasteiger partial charge < -0.3 is 4.57 Å². The van der Waals surface area contributed by atoms with E-state index in [4.69, 9.17) is 0 Å². The Balaban J connectivity index is 1.87. The minimum absolute atomic E-state index is 0.953. The molecule has 2 heteroatoms. The van der Waals surface area contributed by atoms with Crippen molar-refractivity contribution in [2.45, 2.75) is 0 Å². The third-order valence-corrected chi connectivity index (χ3v) is 3.78. The van der Waals surface area contributed by atoms with Gasteiger partial charge in [-0.2, -0.15) is 0 Å². The highest BCUT2D eigenvalue weighted by atomic mass is 79.9. The number of nitrogens with zero attached hydrogens (tertiary/aromatic N) is 1. The number of hydrogen-bond acceptors (Lipinski definition) is 0. The molecule has 0 saturated carbocycles. The molecule has 3 aromatic rings. The zero-order valence-electron chi connectivity index (χ0n) is 11.0. The molecule has 1 heterocycles. The van der Waals surface area contributed by atoms with E-state index < -0.39 is 0 Å². The molecule has 2 aromatic carbocycles. The van der Waals surface area contributed by atoms with E-state index in [2.05, 4.69) is 69.7 Å². The van der Waals surface area contributed by atoms with Crippen LogP contribution in [0.1, 0.15) is 5.56 Å². The van der Waals surface area contributed by atoms with Gasteiger partial charge in [-0.05, 0) is 41.3 Å². The van der Waals surface area contributed by atoms with Crippen LogP contribution in [0.15, 0.2) is 77.9 Å². The van der Waals surface area contributed by atoms with E-state index in [1.54, 1.807) is 0 Å². The summed E-state index contributed by atoms with van der Waals surface area (Å²) in [6, 6.07) is 18.6. The molecule has 0 N–H and O–H groups in total. The van der Waals surface area contributed by atoms with Crippen molar-refractivity contribution in [1.82, 2.24) is 4.57 Å². The van der Waals surface area contributed by atoms with Crippen LogP contribution < -0.4 is 0 Å². The zero-order chi connectivity index (χ0) is 13.9. The van der Waals surface area contributed by atoms with Crippen molar-refractivity contribution in [3.05, 3.63) is 83.5 Å². The van der Waals surface area contributed by atoms with Gasteiger partial charge in [0.1, 0.15) is 0 Å². The molecule has 0 bridgehead atoms. The van der Waals surface area contributed by atoms with Crippen molar-refractivity contribution in [2.24, 2.45) is 0 Å².